The van der Waals surface area contributed by atoms with Gasteiger partial charge in [0.2, 0.25) is 0 Å². The minimum absolute atomic E-state index is 0.311. The number of hydrogen-bond donors (Lipinski definition) is 0. The average molecular weight is 205 g/mol. The zero-order chi connectivity index (χ0) is 9.14. The van der Waals surface area contributed by atoms with Crippen LogP contribution in [0, 0.1) is 0 Å². The van der Waals surface area contributed by atoms with Crippen molar-refractivity contribution in [2.75, 3.05) is 0 Å². The van der Waals surface area contributed by atoms with Gasteiger partial charge in [0.1, 0.15) is 16.6 Å². The monoisotopic (exact) mass is 204 g/mol. The molecule has 0 aliphatic heterocycles. The van der Waals surface area contributed by atoms with Gasteiger partial charge in [-0.05, 0) is 12.3 Å². The molecule has 66 valence electrons. The van der Waals surface area contributed by atoms with E-state index in [-0.39, 0.29) is 0 Å². The quantitative estimate of drug-likeness (QED) is 0.692. The summed E-state index contributed by atoms with van der Waals surface area (Å²) >= 11 is 11.7. The molecule has 0 spiro atoms. The van der Waals surface area contributed by atoms with Gasteiger partial charge in [-0.2, -0.15) is 0 Å². The van der Waals surface area contributed by atoms with Gasteiger partial charge in [-0.3, -0.25) is 0 Å². The molecule has 4 heteroatoms. The summed E-state index contributed by atoms with van der Waals surface area (Å²) in [5.41, 5.74) is 0.850. The van der Waals surface area contributed by atoms with Crippen LogP contribution in [0.1, 0.15) is 31.7 Å². The van der Waals surface area contributed by atoms with Gasteiger partial charge in [-0.15, -0.1) is 0 Å². The Balaban J connectivity index is 3.12. The number of hydrogen-bond acceptors (Lipinski definition) is 2. The van der Waals surface area contributed by atoms with Crippen molar-refractivity contribution < 1.29 is 0 Å². The molecule has 12 heavy (non-hydrogen) atoms. The molecule has 0 amide bonds. The van der Waals surface area contributed by atoms with Crippen molar-refractivity contribution in [3.8, 4) is 0 Å². The highest BCUT2D eigenvalue weighted by atomic mass is 35.5. The Morgan fingerprint density at radius 2 is 1.83 bits per heavy atom. The lowest BCUT2D eigenvalue weighted by Gasteiger charge is -2.10. The predicted molar refractivity (Wildman–Crippen MR) is 50.8 cm³/mol. The summed E-state index contributed by atoms with van der Waals surface area (Å²) in [5, 5.41) is 0.925. The van der Waals surface area contributed by atoms with Crippen molar-refractivity contribution in [3.05, 3.63) is 22.2 Å². The molecule has 0 aliphatic rings. The molecule has 1 rings (SSSR count). The van der Waals surface area contributed by atoms with Crippen LogP contribution < -0.4 is 0 Å². The highest BCUT2D eigenvalue weighted by Gasteiger charge is 2.13. The lowest BCUT2D eigenvalue weighted by molar-refractivity contribution is 0.725. The van der Waals surface area contributed by atoms with E-state index in [9.17, 15) is 0 Å². The summed E-state index contributed by atoms with van der Waals surface area (Å²) < 4.78 is 0. The summed E-state index contributed by atoms with van der Waals surface area (Å²) in [7, 11) is 0. The van der Waals surface area contributed by atoms with Gasteiger partial charge in [0.15, 0.2) is 0 Å². The number of halogens is 2. The first-order valence-corrected chi connectivity index (χ1v) is 4.58. The van der Waals surface area contributed by atoms with Crippen molar-refractivity contribution in [2.45, 2.75) is 26.2 Å². The van der Waals surface area contributed by atoms with E-state index >= 15 is 0 Å². The second-order valence-corrected chi connectivity index (χ2v) is 3.39. The van der Waals surface area contributed by atoms with Crippen LogP contribution in [-0.2, 0) is 0 Å². The largest absolute Gasteiger partial charge is 0.224 e. The molecule has 0 radical (unpaired) electrons. The Morgan fingerprint density at radius 1 is 1.33 bits per heavy atom. The van der Waals surface area contributed by atoms with E-state index in [1.807, 2.05) is 0 Å². The molecule has 0 saturated carbocycles. The SMILES string of the molecule is CC[C@@H](C)c1c(Cl)ncnc1Cl. The van der Waals surface area contributed by atoms with Crippen molar-refractivity contribution in [1.29, 1.82) is 0 Å². The maximum Gasteiger partial charge on any atom is 0.137 e. The van der Waals surface area contributed by atoms with E-state index in [0.29, 0.717) is 16.2 Å². The summed E-state index contributed by atoms with van der Waals surface area (Å²) in [6.45, 7) is 4.13. The smallest absolute Gasteiger partial charge is 0.137 e. The second-order valence-electron chi connectivity index (χ2n) is 2.68. The predicted octanol–water partition coefficient (Wildman–Crippen LogP) is 3.30. The molecule has 0 unspecified atom stereocenters. The second kappa shape index (κ2) is 4.06. The van der Waals surface area contributed by atoms with E-state index in [2.05, 4.69) is 23.8 Å². The molecule has 1 aromatic heterocycles. The van der Waals surface area contributed by atoms with Gasteiger partial charge >= 0.3 is 0 Å². The van der Waals surface area contributed by atoms with Crippen LogP contribution in [0.5, 0.6) is 0 Å². The fraction of sp³-hybridized carbons (Fsp3) is 0.500. The molecule has 0 saturated heterocycles. The molecule has 0 bridgehead atoms. The lowest BCUT2D eigenvalue weighted by atomic mass is 10.0. The van der Waals surface area contributed by atoms with Crippen molar-refractivity contribution in [3.63, 3.8) is 0 Å². The van der Waals surface area contributed by atoms with Crippen LogP contribution in [0.15, 0.2) is 6.33 Å². The Morgan fingerprint density at radius 3 is 2.25 bits per heavy atom. The van der Waals surface area contributed by atoms with Crippen LogP contribution in [0.2, 0.25) is 10.3 Å². The minimum atomic E-state index is 0.311. The highest BCUT2D eigenvalue weighted by Crippen LogP contribution is 2.29. The summed E-state index contributed by atoms with van der Waals surface area (Å²) in [6.07, 6.45) is 2.35. The normalized spacial score (nSPS) is 13.0. The van der Waals surface area contributed by atoms with E-state index in [0.717, 1.165) is 12.0 Å². The highest BCUT2D eigenvalue weighted by molar-refractivity contribution is 6.34. The van der Waals surface area contributed by atoms with Crippen molar-refractivity contribution >= 4 is 23.2 Å². The number of nitrogens with zero attached hydrogens (tertiary/aromatic N) is 2. The zero-order valence-electron chi connectivity index (χ0n) is 7.01. The Labute approximate surface area is 81.9 Å². The van der Waals surface area contributed by atoms with Gasteiger partial charge in [-0.25, -0.2) is 9.97 Å². The zero-order valence-corrected chi connectivity index (χ0v) is 8.52. The number of rotatable bonds is 2. The standard InChI is InChI=1S/C8H10Cl2N2/c1-3-5(2)6-7(9)11-4-12-8(6)10/h4-5H,3H2,1-2H3/t5-/m1/s1. The summed E-state index contributed by atoms with van der Waals surface area (Å²) in [4.78, 5) is 7.76. The molecule has 2 nitrogen and oxygen atoms in total. The van der Waals surface area contributed by atoms with Crippen LogP contribution in [0.3, 0.4) is 0 Å². The van der Waals surface area contributed by atoms with Crippen LogP contribution >= 0.6 is 23.2 Å². The molecule has 0 N–H and O–H groups in total. The first kappa shape index (κ1) is 9.75. The Kier molecular flexibility index (Phi) is 3.29. The third-order valence-corrected chi connectivity index (χ3v) is 2.49. The maximum atomic E-state index is 5.87. The third-order valence-electron chi connectivity index (χ3n) is 1.89. The molecular weight excluding hydrogens is 195 g/mol. The van der Waals surface area contributed by atoms with Gasteiger partial charge in [0.25, 0.3) is 0 Å². The fourth-order valence-corrected chi connectivity index (χ4v) is 1.65. The summed E-state index contributed by atoms with van der Waals surface area (Å²) in [5.74, 6) is 0.311. The van der Waals surface area contributed by atoms with Gasteiger partial charge < -0.3 is 0 Å². The lowest BCUT2D eigenvalue weighted by Crippen LogP contribution is -1.97. The van der Waals surface area contributed by atoms with E-state index in [1.165, 1.54) is 6.33 Å². The van der Waals surface area contributed by atoms with E-state index < -0.39 is 0 Å². The van der Waals surface area contributed by atoms with Crippen molar-refractivity contribution in [1.82, 2.24) is 9.97 Å². The van der Waals surface area contributed by atoms with Crippen molar-refractivity contribution in [2.24, 2.45) is 0 Å². The average Bonchev–Trinajstić information content (AvgIpc) is 2.03. The molecule has 0 aliphatic carbocycles. The first-order valence-electron chi connectivity index (χ1n) is 3.82. The molecule has 1 aromatic rings. The third kappa shape index (κ3) is 1.87. The summed E-state index contributed by atoms with van der Waals surface area (Å²) in [6, 6.07) is 0. The molecule has 1 heterocycles. The fourth-order valence-electron chi connectivity index (χ4n) is 0.965. The molecule has 0 fully saturated rings. The number of aromatic nitrogens is 2. The maximum absolute atomic E-state index is 5.87. The van der Waals surface area contributed by atoms with Crippen LogP contribution in [0.25, 0.3) is 0 Å². The first-order chi connectivity index (χ1) is 5.66. The van der Waals surface area contributed by atoms with Gasteiger partial charge in [0.05, 0.1) is 0 Å². The minimum Gasteiger partial charge on any atom is -0.224 e. The van der Waals surface area contributed by atoms with Gasteiger partial charge in [-0.1, -0.05) is 37.0 Å². The van der Waals surface area contributed by atoms with E-state index in [4.69, 9.17) is 23.2 Å². The molecule has 1 atom stereocenters. The molecule has 0 aromatic carbocycles. The van der Waals surface area contributed by atoms with Crippen LogP contribution in [0.4, 0.5) is 0 Å². The van der Waals surface area contributed by atoms with Crippen LogP contribution in [-0.4, -0.2) is 9.97 Å². The van der Waals surface area contributed by atoms with E-state index in [1.54, 1.807) is 0 Å². The van der Waals surface area contributed by atoms with Gasteiger partial charge in [0, 0.05) is 5.56 Å². The Hall–Kier alpha value is -0.340. The molecular formula is C8H10Cl2N2. The topological polar surface area (TPSA) is 25.8 Å². The Bertz CT molecular complexity index is 256.